The van der Waals surface area contributed by atoms with Crippen molar-refractivity contribution in [3.8, 4) is 0 Å². The quantitative estimate of drug-likeness (QED) is 0.511. The van der Waals surface area contributed by atoms with Crippen molar-refractivity contribution in [1.82, 2.24) is 0 Å². The molecule has 17 heavy (non-hydrogen) atoms. The summed E-state index contributed by atoms with van der Waals surface area (Å²) < 4.78 is 4.87. The van der Waals surface area contributed by atoms with Crippen LogP contribution in [0, 0.1) is 13.8 Å². The molecule has 0 fully saturated rings. The van der Waals surface area contributed by atoms with Crippen molar-refractivity contribution in [3.63, 3.8) is 0 Å². The van der Waals surface area contributed by atoms with E-state index >= 15 is 0 Å². The van der Waals surface area contributed by atoms with Crippen molar-refractivity contribution < 1.29 is 47.0 Å². The first-order valence-corrected chi connectivity index (χ1v) is 5.81. The van der Waals surface area contributed by atoms with E-state index in [1.807, 2.05) is 13.8 Å². The summed E-state index contributed by atoms with van der Waals surface area (Å²) in [6.07, 6.45) is 3.20. The fraction of sp³-hybridized carbons (Fsp3) is 0.692. The Balaban J connectivity index is -0.000000224. The zero-order valence-electron chi connectivity index (χ0n) is 11.2. The maximum Gasteiger partial charge on any atom is 0.134 e. The molecule has 0 aliphatic heterocycles. The van der Waals surface area contributed by atoms with Crippen molar-refractivity contribution in [1.29, 1.82) is 0 Å². The van der Waals surface area contributed by atoms with Crippen LogP contribution in [0.2, 0.25) is 0 Å². The van der Waals surface area contributed by atoms with Gasteiger partial charge in [0.1, 0.15) is 11.6 Å². The molecule has 0 aliphatic rings. The minimum Gasteiger partial charge on any atom is -0.413 e. The van der Waals surface area contributed by atoms with E-state index in [0.29, 0.717) is 44.7 Å². The van der Waals surface area contributed by atoms with E-state index in [1.54, 1.807) is 0 Å². The Kier molecular flexibility index (Phi) is 24.9. The second kappa shape index (κ2) is 18.8. The van der Waals surface area contributed by atoms with E-state index in [1.165, 1.54) is 0 Å². The van der Waals surface area contributed by atoms with Crippen LogP contribution in [0.3, 0.4) is 0 Å². The predicted octanol–water partition coefficient (Wildman–Crippen LogP) is 2.78. The fourth-order valence-electron chi connectivity index (χ4n) is 0.839. The summed E-state index contributed by atoms with van der Waals surface area (Å²) >= 11 is 0. The number of ether oxygens (including phenoxy) is 1. The third-order valence-corrected chi connectivity index (χ3v) is 1.91. The molecule has 0 rings (SSSR count). The Hall–Kier alpha value is 0.404. The number of hydrogen-bond donors (Lipinski definition) is 0. The van der Waals surface area contributed by atoms with E-state index in [-0.39, 0.29) is 38.5 Å². The zero-order valence-corrected chi connectivity index (χ0v) is 14.0. The molecule has 0 heterocycles. The van der Waals surface area contributed by atoms with Crippen molar-refractivity contribution in [2.24, 2.45) is 0 Å². The monoisotopic (exact) mass is 317 g/mol. The Bertz CT molecular complexity index is 182. The van der Waals surface area contributed by atoms with Crippen molar-refractivity contribution in [2.75, 3.05) is 13.2 Å². The van der Waals surface area contributed by atoms with Gasteiger partial charge in [0.15, 0.2) is 0 Å². The molecule has 99 valence electrons. The third-order valence-electron chi connectivity index (χ3n) is 1.91. The normalized spacial score (nSPS) is 8.71. The van der Waals surface area contributed by atoms with Gasteiger partial charge >= 0.3 is 0 Å². The molecule has 0 spiro atoms. The first-order chi connectivity index (χ1) is 7.62. The molecule has 0 aromatic carbocycles. The summed E-state index contributed by atoms with van der Waals surface area (Å²) in [5.74, 6) is 0.568. The number of ketones is 2. The van der Waals surface area contributed by atoms with Crippen LogP contribution in [0.15, 0.2) is 0 Å². The number of carbonyl (C=O) groups is 2. The summed E-state index contributed by atoms with van der Waals surface area (Å²) in [6.45, 7) is 11.7. The minimum atomic E-state index is 0. The molecule has 0 aromatic rings. The Labute approximate surface area is 131 Å². The number of carbonyl (C=O) groups excluding carboxylic acids is 2. The van der Waals surface area contributed by atoms with Crippen LogP contribution in [0.5, 0.6) is 0 Å². The van der Waals surface area contributed by atoms with Gasteiger partial charge in [-0.2, -0.15) is 6.42 Å². The molecule has 0 atom stereocenters. The largest absolute Gasteiger partial charge is 0.413 e. The van der Waals surface area contributed by atoms with E-state index in [0.717, 1.165) is 6.42 Å². The van der Waals surface area contributed by atoms with Crippen molar-refractivity contribution >= 4 is 11.6 Å². The van der Waals surface area contributed by atoms with Crippen LogP contribution in [0.25, 0.3) is 0 Å². The Morgan fingerprint density at radius 3 is 1.76 bits per heavy atom. The Morgan fingerprint density at radius 2 is 1.47 bits per heavy atom. The molecule has 0 aromatic heterocycles. The molecule has 1 radical (unpaired) electrons. The standard InChI is InChI=1S/C7H13O2.C6H11O.Y/c1-3-7(8)5-6-9-4-2;1-3-5-6(7)4-2;/h2-6H2,1H3;1,3-5H2,2H3;/q2*-1;. The van der Waals surface area contributed by atoms with E-state index in [4.69, 9.17) is 4.74 Å². The summed E-state index contributed by atoms with van der Waals surface area (Å²) in [4.78, 5) is 21.0. The van der Waals surface area contributed by atoms with Crippen LogP contribution >= 0.6 is 0 Å². The summed E-state index contributed by atoms with van der Waals surface area (Å²) in [6, 6.07) is 0. The summed E-state index contributed by atoms with van der Waals surface area (Å²) in [7, 11) is 0. The number of Topliss-reactive ketones (excluding diaryl/α,β-unsaturated/α-hetero) is 2. The first-order valence-electron chi connectivity index (χ1n) is 5.81. The van der Waals surface area contributed by atoms with E-state index in [2.05, 4.69) is 13.8 Å². The third kappa shape index (κ3) is 22.1. The van der Waals surface area contributed by atoms with Crippen LogP contribution in [0.4, 0.5) is 0 Å². The minimum absolute atomic E-state index is 0. The molecule has 0 aliphatic carbocycles. The summed E-state index contributed by atoms with van der Waals surface area (Å²) in [5.41, 5.74) is 0. The number of hydrogen-bond acceptors (Lipinski definition) is 3. The average Bonchev–Trinajstić information content (AvgIpc) is 2.30. The molecular weight excluding hydrogens is 293 g/mol. The maximum atomic E-state index is 10.6. The summed E-state index contributed by atoms with van der Waals surface area (Å²) in [5, 5.41) is 0. The molecule has 0 bridgehead atoms. The van der Waals surface area contributed by atoms with Gasteiger partial charge in [0, 0.05) is 58.6 Å². The van der Waals surface area contributed by atoms with Crippen LogP contribution in [-0.4, -0.2) is 24.8 Å². The van der Waals surface area contributed by atoms with Crippen LogP contribution < -0.4 is 0 Å². The van der Waals surface area contributed by atoms with Gasteiger partial charge in [-0.25, -0.2) is 0 Å². The first kappa shape index (κ1) is 22.6. The molecule has 4 heteroatoms. The molecule has 0 saturated heterocycles. The smallest absolute Gasteiger partial charge is 0.134 e. The molecule has 0 unspecified atom stereocenters. The van der Waals surface area contributed by atoms with Crippen molar-refractivity contribution in [2.45, 2.75) is 46.0 Å². The predicted molar refractivity (Wildman–Crippen MR) is 66.0 cm³/mol. The van der Waals surface area contributed by atoms with Crippen LogP contribution in [-0.2, 0) is 47.0 Å². The van der Waals surface area contributed by atoms with Gasteiger partial charge in [0.05, 0.1) is 0 Å². The molecule has 0 amide bonds. The van der Waals surface area contributed by atoms with E-state index < -0.39 is 0 Å². The molecule has 3 nitrogen and oxygen atoms in total. The second-order valence-electron chi connectivity index (χ2n) is 3.25. The van der Waals surface area contributed by atoms with Crippen LogP contribution in [0.1, 0.15) is 46.0 Å². The van der Waals surface area contributed by atoms with E-state index in [9.17, 15) is 9.59 Å². The van der Waals surface area contributed by atoms with Gasteiger partial charge in [0.25, 0.3) is 0 Å². The SMILES string of the molecule is [CH2-]CCC(=O)CC.[CH2-]COCCC(=O)CC.[Y]. The number of rotatable bonds is 8. The van der Waals surface area contributed by atoms with Gasteiger partial charge < -0.3 is 18.6 Å². The maximum absolute atomic E-state index is 10.6. The van der Waals surface area contributed by atoms with Gasteiger partial charge in [-0.3, -0.25) is 9.59 Å². The van der Waals surface area contributed by atoms with Gasteiger partial charge in [-0.15, -0.1) is 0 Å². The molecule has 0 N–H and O–H groups in total. The van der Waals surface area contributed by atoms with Gasteiger partial charge in [-0.05, 0) is 6.42 Å². The average molecular weight is 317 g/mol. The molecule has 0 saturated carbocycles. The zero-order chi connectivity index (χ0) is 12.8. The fourth-order valence-corrected chi connectivity index (χ4v) is 0.839. The van der Waals surface area contributed by atoms with Gasteiger partial charge in [-0.1, -0.05) is 20.5 Å². The molecular formula is C13H24O3Y-2. The van der Waals surface area contributed by atoms with Crippen molar-refractivity contribution in [3.05, 3.63) is 13.8 Å². The second-order valence-corrected chi connectivity index (χ2v) is 3.25. The van der Waals surface area contributed by atoms with Gasteiger partial charge in [0.2, 0.25) is 0 Å². The Morgan fingerprint density at radius 1 is 1.00 bits per heavy atom. The topological polar surface area (TPSA) is 43.4 Å².